The highest BCUT2D eigenvalue weighted by Gasteiger charge is 2.47. The number of aliphatic carboxylic acids is 1. The summed E-state index contributed by atoms with van der Waals surface area (Å²) in [7, 11) is 1.46. The van der Waals surface area contributed by atoms with Crippen LogP contribution in [0.25, 0.3) is 11.3 Å². The minimum Gasteiger partial charge on any atom is -0.481 e. The van der Waals surface area contributed by atoms with E-state index in [0.717, 1.165) is 5.56 Å². The molecule has 1 unspecified atom stereocenters. The third kappa shape index (κ3) is 2.90. The molecule has 7 heteroatoms. The van der Waals surface area contributed by atoms with Gasteiger partial charge in [0.15, 0.2) is 0 Å². The third-order valence-electron chi connectivity index (χ3n) is 4.31. The van der Waals surface area contributed by atoms with Crippen molar-refractivity contribution < 1.29 is 24.0 Å². The van der Waals surface area contributed by atoms with E-state index >= 15 is 0 Å². The van der Waals surface area contributed by atoms with Crippen LogP contribution in [0.3, 0.4) is 0 Å². The lowest BCUT2D eigenvalue weighted by molar-refractivity contribution is -0.151. The lowest BCUT2D eigenvalue weighted by atomic mass is 9.88. The molecule has 0 bridgehead atoms. The highest BCUT2D eigenvalue weighted by atomic mass is 16.5. The summed E-state index contributed by atoms with van der Waals surface area (Å²) in [6, 6.07) is 11.0. The van der Waals surface area contributed by atoms with Gasteiger partial charge in [-0.2, -0.15) is 0 Å². The molecule has 1 amide bonds. The molecule has 7 nitrogen and oxygen atoms in total. The van der Waals surface area contributed by atoms with Crippen molar-refractivity contribution in [2.24, 2.45) is 5.41 Å². The fourth-order valence-electron chi connectivity index (χ4n) is 2.95. The fourth-order valence-corrected chi connectivity index (χ4v) is 2.95. The second-order valence-corrected chi connectivity index (χ2v) is 5.94. The van der Waals surface area contributed by atoms with Gasteiger partial charge in [-0.25, -0.2) is 0 Å². The fraction of sp³-hybridized carbons (Fsp3) is 0.353. The smallest absolute Gasteiger partial charge is 0.313 e. The SMILES string of the molecule is COCC1(C(=O)O)CCN(C(=O)c2cc(-c3ccccc3)no2)C1. The summed E-state index contributed by atoms with van der Waals surface area (Å²) in [6.07, 6.45) is 0.349. The Bertz CT molecular complexity index is 742. The normalized spacial score (nSPS) is 20.3. The molecule has 1 aromatic heterocycles. The third-order valence-corrected chi connectivity index (χ3v) is 4.31. The molecule has 1 saturated heterocycles. The van der Waals surface area contributed by atoms with Gasteiger partial charge in [0.1, 0.15) is 11.1 Å². The summed E-state index contributed by atoms with van der Waals surface area (Å²) in [5, 5.41) is 13.4. The maximum absolute atomic E-state index is 12.6. The minimum absolute atomic E-state index is 0.0672. The van der Waals surface area contributed by atoms with Crippen LogP contribution in [0.15, 0.2) is 40.9 Å². The number of nitrogens with zero attached hydrogens (tertiary/aromatic N) is 2. The Labute approximate surface area is 138 Å². The van der Waals surface area contributed by atoms with Crippen molar-refractivity contribution in [2.75, 3.05) is 26.8 Å². The number of likely N-dealkylation sites (tertiary alicyclic amines) is 1. The van der Waals surface area contributed by atoms with Crippen molar-refractivity contribution in [1.29, 1.82) is 0 Å². The van der Waals surface area contributed by atoms with E-state index < -0.39 is 11.4 Å². The van der Waals surface area contributed by atoms with E-state index in [9.17, 15) is 14.7 Å². The van der Waals surface area contributed by atoms with Crippen LogP contribution in [0, 0.1) is 5.41 Å². The highest BCUT2D eigenvalue weighted by molar-refractivity contribution is 5.93. The maximum Gasteiger partial charge on any atom is 0.313 e. The van der Waals surface area contributed by atoms with Gasteiger partial charge in [0, 0.05) is 31.8 Å². The lowest BCUT2D eigenvalue weighted by Gasteiger charge is -2.23. The molecule has 126 valence electrons. The molecule has 0 radical (unpaired) electrons. The van der Waals surface area contributed by atoms with Crippen molar-refractivity contribution in [1.82, 2.24) is 10.1 Å². The van der Waals surface area contributed by atoms with E-state index in [1.165, 1.54) is 12.0 Å². The number of amides is 1. The Morgan fingerprint density at radius 2 is 2.12 bits per heavy atom. The molecule has 3 rings (SSSR count). The largest absolute Gasteiger partial charge is 0.481 e. The van der Waals surface area contributed by atoms with Crippen molar-refractivity contribution in [3.63, 3.8) is 0 Å². The van der Waals surface area contributed by atoms with Crippen molar-refractivity contribution in [2.45, 2.75) is 6.42 Å². The Hall–Kier alpha value is -2.67. The van der Waals surface area contributed by atoms with Crippen LogP contribution in [0.2, 0.25) is 0 Å². The number of ether oxygens (including phenoxy) is 1. The van der Waals surface area contributed by atoms with E-state index in [2.05, 4.69) is 5.16 Å². The molecular formula is C17H18N2O5. The summed E-state index contributed by atoms with van der Waals surface area (Å²) in [5.41, 5.74) is 0.354. The van der Waals surface area contributed by atoms with Crippen molar-refractivity contribution >= 4 is 11.9 Å². The zero-order valence-electron chi connectivity index (χ0n) is 13.3. The van der Waals surface area contributed by atoms with Crippen molar-refractivity contribution in [3.05, 3.63) is 42.2 Å². The minimum atomic E-state index is -1.06. The van der Waals surface area contributed by atoms with Gasteiger partial charge in [-0.3, -0.25) is 9.59 Å². The molecule has 0 saturated carbocycles. The monoisotopic (exact) mass is 330 g/mol. The van der Waals surface area contributed by atoms with Gasteiger partial charge in [0.2, 0.25) is 5.76 Å². The Kier molecular flexibility index (Phi) is 4.35. The number of carboxylic acids is 1. The first kappa shape index (κ1) is 16.2. The zero-order valence-corrected chi connectivity index (χ0v) is 13.3. The quantitative estimate of drug-likeness (QED) is 0.900. The Morgan fingerprint density at radius 3 is 2.79 bits per heavy atom. The number of carbonyl (C=O) groups excluding carboxylic acids is 1. The first-order valence-electron chi connectivity index (χ1n) is 7.59. The molecule has 1 fully saturated rings. The molecule has 0 aliphatic carbocycles. The van der Waals surface area contributed by atoms with Crippen LogP contribution in [0.1, 0.15) is 17.0 Å². The average molecular weight is 330 g/mol. The van der Waals surface area contributed by atoms with Gasteiger partial charge in [-0.1, -0.05) is 35.5 Å². The number of aromatic nitrogens is 1. The molecule has 1 aromatic carbocycles. The van der Waals surface area contributed by atoms with Crippen LogP contribution in [0.5, 0.6) is 0 Å². The van der Waals surface area contributed by atoms with Gasteiger partial charge >= 0.3 is 5.97 Å². The van der Waals surface area contributed by atoms with E-state index in [1.54, 1.807) is 6.07 Å². The van der Waals surface area contributed by atoms with E-state index in [1.807, 2.05) is 30.3 Å². The maximum atomic E-state index is 12.6. The molecule has 1 atom stereocenters. The van der Waals surface area contributed by atoms with Crippen LogP contribution in [-0.2, 0) is 9.53 Å². The lowest BCUT2D eigenvalue weighted by Crippen LogP contribution is -2.40. The summed E-state index contributed by atoms with van der Waals surface area (Å²) >= 11 is 0. The number of benzene rings is 1. The number of rotatable bonds is 5. The highest BCUT2D eigenvalue weighted by Crippen LogP contribution is 2.32. The standard InChI is InChI=1S/C17H18N2O5/c1-23-11-17(16(21)22)7-8-19(10-17)15(20)14-9-13(18-24-14)12-5-3-2-4-6-12/h2-6,9H,7-8,10-11H2,1H3,(H,21,22). The average Bonchev–Trinajstić information content (AvgIpc) is 3.23. The number of carbonyl (C=O) groups is 2. The van der Waals surface area contributed by atoms with Gasteiger partial charge in [0.25, 0.3) is 5.91 Å². The van der Waals surface area contributed by atoms with Gasteiger partial charge in [0.05, 0.1) is 6.61 Å². The number of hydrogen-bond acceptors (Lipinski definition) is 5. The second-order valence-electron chi connectivity index (χ2n) is 5.94. The predicted octanol–water partition coefficient (Wildman–Crippen LogP) is 1.90. The summed E-state index contributed by atoms with van der Waals surface area (Å²) in [4.78, 5) is 25.6. The summed E-state index contributed by atoms with van der Waals surface area (Å²) in [6.45, 7) is 0.504. The molecule has 0 spiro atoms. The van der Waals surface area contributed by atoms with Gasteiger partial charge < -0.3 is 19.3 Å². The van der Waals surface area contributed by atoms with E-state index in [-0.39, 0.29) is 24.8 Å². The van der Waals surface area contributed by atoms with E-state index in [4.69, 9.17) is 9.26 Å². The van der Waals surface area contributed by atoms with Crippen LogP contribution >= 0.6 is 0 Å². The first-order valence-corrected chi connectivity index (χ1v) is 7.59. The molecule has 2 heterocycles. The van der Waals surface area contributed by atoms with E-state index in [0.29, 0.717) is 18.7 Å². The molecule has 1 N–H and O–H groups in total. The summed E-state index contributed by atoms with van der Waals surface area (Å²) in [5.74, 6) is -1.21. The first-order chi connectivity index (χ1) is 11.6. The number of methoxy groups -OCH3 is 1. The van der Waals surface area contributed by atoms with Crippen LogP contribution in [0.4, 0.5) is 0 Å². The molecule has 24 heavy (non-hydrogen) atoms. The molecule has 1 aliphatic rings. The molecule has 2 aromatic rings. The van der Waals surface area contributed by atoms with Gasteiger partial charge in [-0.15, -0.1) is 0 Å². The Morgan fingerprint density at radius 1 is 1.38 bits per heavy atom. The number of carboxylic acid groups (broad SMARTS) is 1. The zero-order chi connectivity index (χ0) is 17.2. The Balaban J connectivity index is 1.76. The summed E-state index contributed by atoms with van der Waals surface area (Å²) < 4.78 is 10.2. The predicted molar refractivity (Wildman–Crippen MR) is 84.4 cm³/mol. The molecule has 1 aliphatic heterocycles. The molecular weight excluding hydrogens is 312 g/mol. The topological polar surface area (TPSA) is 92.9 Å². The van der Waals surface area contributed by atoms with Crippen LogP contribution in [-0.4, -0.2) is 53.8 Å². The van der Waals surface area contributed by atoms with Gasteiger partial charge in [-0.05, 0) is 6.42 Å². The van der Waals surface area contributed by atoms with Crippen molar-refractivity contribution in [3.8, 4) is 11.3 Å². The van der Waals surface area contributed by atoms with Crippen LogP contribution < -0.4 is 0 Å². The number of hydrogen-bond donors (Lipinski definition) is 1. The second kappa shape index (κ2) is 6.45.